The van der Waals surface area contributed by atoms with Crippen molar-refractivity contribution in [3.63, 3.8) is 0 Å². The fourth-order valence-corrected chi connectivity index (χ4v) is 3.26. The van der Waals surface area contributed by atoms with E-state index in [9.17, 15) is 9.59 Å². The maximum atomic E-state index is 11.9. The third-order valence-electron chi connectivity index (χ3n) is 3.69. The Morgan fingerprint density at radius 1 is 1.22 bits per heavy atom. The summed E-state index contributed by atoms with van der Waals surface area (Å²) in [5.74, 6) is 0.254. The molecule has 3 rings (SSSR count). The molecule has 0 unspecified atom stereocenters. The van der Waals surface area contributed by atoms with Crippen molar-refractivity contribution in [2.45, 2.75) is 6.42 Å². The van der Waals surface area contributed by atoms with E-state index in [0.29, 0.717) is 17.2 Å². The molecule has 0 spiro atoms. The number of anilines is 1. The number of nitrogens with zero attached hydrogens (tertiary/aromatic N) is 2. The fourth-order valence-electron chi connectivity index (χ4n) is 2.58. The lowest BCUT2D eigenvalue weighted by Gasteiger charge is -2.09. The van der Waals surface area contributed by atoms with Crippen LogP contribution in [0.25, 0.3) is 16.3 Å². The summed E-state index contributed by atoms with van der Waals surface area (Å²) in [6.07, 6.45) is 0.172. The number of aromatic nitrogens is 2. The molecule has 0 aliphatic carbocycles. The normalized spacial score (nSPS) is 10.6. The molecule has 0 saturated carbocycles. The van der Waals surface area contributed by atoms with Crippen LogP contribution in [0, 0.1) is 0 Å². The lowest BCUT2D eigenvalue weighted by molar-refractivity contribution is -0.120. The number of carbonyl (C=O) groups is 2. The number of aliphatic hydroxyl groups excluding tert-OH is 1. The summed E-state index contributed by atoms with van der Waals surface area (Å²) in [6.45, 7) is 0.112. The average molecular weight is 385 g/mol. The van der Waals surface area contributed by atoms with Gasteiger partial charge < -0.3 is 16.2 Å². The van der Waals surface area contributed by atoms with Crippen LogP contribution in [0.5, 0.6) is 0 Å². The highest BCUT2D eigenvalue weighted by molar-refractivity contribution is 7.13. The Bertz CT molecular complexity index is 936. The zero-order chi connectivity index (χ0) is 19.2. The number of aliphatic hydroxyl groups is 1. The van der Waals surface area contributed by atoms with Crippen LogP contribution in [0.4, 0.5) is 10.6 Å². The predicted molar refractivity (Wildman–Crippen MR) is 104 cm³/mol. The summed E-state index contributed by atoms with van der Waals surface area (Å²) in [5.41, 5.74) is 7.46. The Morgan fingerprint density at radius 2 is 2.07 bits per heavy atom. The molecule has 1 aromatic carbocycles. The highest BCUT2D eigenvalue weighted by Crippen LogP contribution is 2.28. The SMILES string of the molecule is NC(=O)Nc1cc(-c2cccs2)nn1-c1cccc(CC(=O)NCCO)c1. The van der Waals surface area contributed by atoms with Crippen LogP contribution in [0.2, 0.25) is 0 Å². The standard InChI is InChI=1S/C18H19N5O3S/c19-18(26)21-16-11-14(15-5-2-8-27-15)22-23(16)13-4-1-3-12(9-13)10-17(25)20-6-7-24/h1-5,8-9,11,24H,6-7,10H2,(H,20,25)(H3,19,21,26). The van der Waals surface area contributed by atoms with Gasteiger partial charge in [-0.15, -0.1) is 11.3 Å². The predicted octanol–water partition coefficient (Wildman–Crippen LogP) is 1.74. The van der Waals surface area contributed by atoms with Gasteiger partial charge in [0.2, 0.25) is 5.91 Å². The van der Waals surface area contributed by atoms with Crippen molar-refractivity contribution in [2.24, 2.45) is 5.73 Å². The molecule has 2 aromatic heterocycles. The summed E-state index contributed by atoms with van der Waals surface area (Å²) in [6, 6.07) is 12.2. The molecule has 0 fully saturated rings. The van der Waals surface area contributed by atoms with Gasteiger partial charge in [-0.1, -0.05) is 18.2 Å². The Balaban J connectivity index is 1.91. The minimum Gasteiger partial charge on any atom is -0.395 e. The Hall–Kier alpha value is -3.17. The number of amides is 3. The minimum absolute atomic E-state index is 0.104. The molecule has 5 N–H and O–H groups in total. The van der Waals surface area contributed by atoms with Gasteiger partial charge in [-0.2, -0.15) is 5.10 Å². The summed E-state index contributed by atoms with van der Waals surface area (Å²) in [7, 11) is 0. The van der Waals surface area contributed by atoms with E-state index < -0.39 is 6.03 Å². The molecule has 0 aliphatic rings. The van der Waals surface area contributed by atoms with E-state index in [4.69, 9.17) is 10.8 Å². The summed E-state index contributed by atoms with van der Waals surface area (Å²) >= 11 is 1.54. The van der Waals surface area contributed by atoms with Crippen LogP contribution in [0.15, 0.2) is 47.8 Å². The summed E-state index contributed by atoms with van der Waals surface area (Å²) in [5, 5.41) is 20.5. The van der Waals surface area contributed by atoms with Gasteiger partial charge in [0.15, 0.2) is 0 Å². The number of nitrogens with two attached hydrogens (primary N) is 1. The van der Waals surface area contributed by atoms with Gasteiger partial charge in [-0.3, -0.25) is 10.1 Å². The molecule has 2 heterocycles. The summed E-state index contributed by atoms with van der Waals surface area (Å²) in [4.78, 5) is 24.2. The highest BCUT2D eigenvalue weighted by Gasteiger charge is 2.14. The average Bonchev–Trinajstić information content (AvgIpc) is 3.29. The van der Waals surface area contributed by atoms with Crippen LogP contribution >= 0.6 is 11.3 Å². The minimum atomic E-state index is -0.687. The van der Waals surface area contributed by atoms with Crippen molar-refractivity contribution >= 4 is 29.1 Å². The Morgan fingerprint density at radius 3 is 2.78 bits per heavy atom. The fraction of sp³-hybridized carbons (Fsp3) is 0.167. The van der Waals surface area contributed by atoms with Crippen molar-refractivity contribution in [2.75, 3.05) is 18.5 Å². The van der Waals surface area contributed by atoms with E-state index in [1.807, 2.05) is 41.8 Å². The number of rotatable bonds is 7. The Kier molecular flexibility index (Phi) is 5.84. The van der Waals surface area contributed by atoms with Gasteiger partial charge >= 0.3 is 6.03 Å². The van der Waals surface area contributed by atoms with Crippen molar-refractivity contribution in [3.05, 3.63) is 53.4 Å². The highest BCUT2D eigenvalue weighted by atomic mass is 32.1. The molecule has 3 aromatic rings. The van der Waals surface area contributed by atoms with E-state index >= 15 is 0 Å². The molecule has 3 amide bonds. The monoisotopic (exact) mass is 385 g/mol. The van der Waals surface area contributed by atoms with Gasteiger partial charge in [0, 0.05) is 12.6 Å². The maximum Gasteiger partial charge on any atom is 0.317 e. The van der Waals surface area contributed by atoms with Crippen LogP contribution in [0.1, 0.15) is 5.56 Å². The van der Waals surface area contributed by atoms with Gasteiger partial charge in [0.1, 0.15) is 11.5 Å². The van der Waals surface area contributed by atoms with Crippen LogP contribution in [0.3, 0.4) is 0 Å². The van der Waals surface area contributed by atoms with Crippen LogP contribution in [-0.2, 0) is 11.2 Å². The third kappa shape index (κ3) is 4.72. The summed E-state index contributed by atoms with van der Waals surface area (Å²) < 4.78 is 1.58. The molecule has 0 saturated heterocycles. The molecule has 0 atom stereocenters. The van der Waals surface area contributed by atoms with Crippen molar-refractivity contribution in [1.82, 2.24) is 15.1 Å². The van der Waals surface area contributed by atoms with E-state index in [0.717, 1.165) is 10.4 Å². The van der Waals surface area contributed by atoms with Crippen molar-refractivity contribution < 1.29 is 14.7 Å². The number of urea groups is 1. The van der Waals surface area contributed by atoms with Crippen molar-refractivity contribution in [1.29, 1.82) is 0 Å². The molecule has 0 radical (unpaired) electrons. The lowest BCUT2D eigenvalue weighted by atomic mass is 10.1. The number of thiophene rings is 1. The molecule has 27 heavy (non-hydrogen) atoms. The second-order valence-electron chi connectivity index (χ2n) is 5.71. The molecule has 140 valence electrons. The van der Waals surface area contributed by atoms with Gasteiger partial charge in [-0.05, 0) is 29.1 Å². The topological polar surface area (TPSA) is 122 Å². The number of hydrogen-bond donors (Lipinski definition) is 4. The number of primary amides is 1. The second-order valence-corrected chi connectivity index (χ2v) is 6.66. The van der Waals surface area contributed by atoms with E-state index in [2.05, 4.69) is 15.7 Å². The molecular formula is C18H19N5O3S. The zero-order valence-electron chi connectivity index (χ0n) is 14.4. The van der Waals surface area contributed by atoms with Crippen LogP contribution < -0.4 is 16.4 Å². The zero-order valence-corrected chi connectivity index (χ0v) is 15.2. The first-order valence-corrected chi connectivity index (χ1v) is 9.12. The maximum absolute atomic E-state index is 11.9. The molecule has 0 bridgehead atoms. The number of nitrogens with one attached hydrogen (secondary N) is 2. The van der Waals surface area contributed by atoms with Gasteiger partial charge in [-0.25, -0.2) is 9.48 Å². The quantitative estimate of drug-likeness (QED) is 0.495. The first-order valence-electron chi connectivity index (χ1n) is 8.24. The smallest absolute Gasteiger partial charge is 0.317 e. The number of benzene rings is 1. The van der Waals surface area contributed by atoms with Gasteiger partial charge in [0.25, 0.3) is 0 Å². The number of hydrogen-bond acceptors (Lipinski definition) is 5. The van der Waals surface area contributed by atoms with Crippen molar-refractivity contribution in [3.8, 4) is 16.3 Å². The van der Waals surface area contributed by atoms with E-state index in [1.165, 1.54) is 11.3 Å². The molecule has 0 aliphatic heterocycles. The van der Waals surface area contributed by atoms with Crippen LogP contribution in [-0.4, -0.2) is 40.0 Å². The molecule has 9 heteroatoms. The first-order chi connectivity index (χ1) is 13.1. The second kappa shape index (κ2) is 8.47. The first kappa shape index (κ1) is 18.6. The lowest BCUT2D eigenvalue weighted by Crippen LogP contribution is -2.27. The third-order valence-corrected chi connectivity index (χ3v) is 4.58. The number of carbonyl (C=O) groups excluding carboxylic acids is 2. The molecule has 8 nitrogen and oxygen atoms in total. The van der Waals surface area contributed by atoms with E-state index in [1.54, 1.807) is 10.7 Å². The Labute approximate surface area is 159 Å². The molecular weight excluding hydrogens is 366 g/mol. The van der Waals surface area contributed by atoms with E-state index in [-0.39, 0.29) is 25.5 Å². The largest absolute Gasteiger partial charge is 0.395 e. The van der Waals surface area contributed by atoms with Gasteiger partial charge in [0.05, 0.1) is 23.6 Å².